The minimum Gasteiger partial charge on any atom is -0.497 e. The molecule has 1 aromatic heterocycles. The number of hydrogen-bond donors (Lipinski definition) is 2. The summed E-state index contributed by atoms with van der Waals surface area (Å²) in [6.07, 6.45) is -4.57. The van der Waals surface area contributed by atoms with Crippen LogP contribution in [0.25, 0.3) is 11.0 Å². The number of carbonyl (C=O) groups excluding carboxylic acids is 1. The molecule has 1 amide bonds. The Kier molecular flexibility index (Phi) is 4.12. The van der Waals surface area contributed by atoms with E-state index in [1.165, 1.54) is 18.2 Å². The number of nitrogens with zero attached hydrogens (tertiary/aromatic N) is 1. The van der Waals surface area contributed by atoms with E-state index >= 15 is 0 Å². The first-order chi connectivity index (χ1) is 11.8. The maximum Gasteiger partial charge on any atom is 0.449 e. The Bertz CT molecular complexity index is 948. The number of H-pyrrole nitrogens is 1. The minimum absolute atomic E-state index is 0.143. The van der Waals surface area contributed by atoms with E-state index in [2.05, 4.69) is 15.3 Å². The van der Waals surface area contributed by atoms with Crippen molar-refractivity contribution < 1.29 is 22.7 Å². The number of ether oxygens (including phenoxy) is 1. The average Bonchev–Trinajstić information content (AvgIpc) is 3.00. The maximum atomic E-state index is 12.7. The molecular formula is C17H14F3N3O2. The summed E-state index contributed by atoms with van der Waals surface area (Å²) in [5.41, 5.74) is 1.90. The van der Waals surface area contributed by atoms with Gasteiger partial charge in [-0.2, -0.15) is 13.2 Å². The summed E-state index contributed by atoms with van der Waals surface area (Å²) >= 11 is 0. The van der Waals surface area contributed by atoms with Gasteiger partial charge in [0.15, 0.2) is 0 Å². The van der Waals surface area contributed by atoms with Crippen molar-refractivity contribution in [3.05, 3.63) is 53.3 Å². The first-order valence-corrected chi connectivity index (χ1v) is 7.31. The molecule has 3 aromatic rings. The van der Waals surface area contributed by atoms with Crippen LogP contribution in [0.2, 0.25) is 0 Å². The summed E-state index contributed by atoms with van der Waals surface area (Å²) in [6.45, 7) is 1.81. The van der Waals surface area contributed by atoms with Crippen molar-refractivity contribution in [1.82, 2.24) is 9.97 Å². The Hall–Kier alpha value is -3.03. The summed E-state index contributed by atoms with van der Waals surface area (Å²) in [4.78, 5) is 18.0. The summed E-state index contributed by atoms with van der Waals surface area (Å²) < 4.78 is 43.2. The summed E-state index contributed by atoms with van der Waals surface area (Å²) in [5, 5.41) is 2.73. The van der Waals surface area contributed by atoms with Gasteiger partial charge in [-0.15, -0.1) is 0 Å². The second-order valence-corrected chi connectivity index (χ2v) is 5.45. The van der Waals surface area contributed by atoms with Crippen molar-refractivity contribution in [3.8, 4) is 5.75 Å². The molecule has 3 rings (SSSR count). The molecule has 5 nitrogen and oxygen atoms in total. The first-order valence-electron chi connectivity index (χ1n) is 7.31. The Balaban J connectivity index is 1.87. The number of aryl methyl sites for hydroxylation is 1. The van der Waals surface area contributed by atoms with Gasteiger partial charge < -0.3 is 15.0 Å². The number of halogens is 3. The van der Waals surface area contributed by atoms with E-state index in [0.717, 1.165) is 5.56 Å². The number of nitrogens with one attached hydrogen (secondary N) is 2. The van der Waals surface area contributed by atoms with E-state index in [9.17, 15) is 18.0 Å². The van der Waals surface area contributed by atoms with Crippen LogP contribution >= 0.6 is 0 Å². The number of imidazole rings is 1. The van der Waals surface area contributed by atoms with Crippen LogP contribution < -0.4 is 10.1 Å². The Morgan fingerprint density at radius 3 is 2.60 bits per heavy atom. The second-order valence-electron chi connectivity index (χ2n) is 5.45. The number of methoxy groups -OCH3 is 1. The first kappa shape index (κ1) is 16.8. The number of alkyl halides is 3. The van der Waals surface area contributed by atoms with Crippen LogP contribution in [0.1, 0.15) is 21.7 Å². The molecule has 2 aromatic carbocycles. The number of rotatable bonds is 3. The highest BCUT2D eigenvalue weighted by Gasteiger charge is 2.34. The van der Waals surface area contributed by atoms with Gasteiger partial charge in [-0.05, 0) is 48.9 Å². The number of anilines is 1. The predicted octanol–water partition coefficient (Wildman–Crippen LogP) is 4.15. The van der Waals surface area contributed by atoms with E-state index in [0.29, 0.717) is 11.4 Å². The van der Waals surface area contributed by atoms with Gasteiger partial charge in [0.1, 0.15) is 5.75 Å². The third-order valence-corrected chi connectivity index (χ3v) is 3.69. The molecule has 2 N–H and O–H groups in total. The van der Waals surface area contributed by atoms with Gasteiger partial charge in [0, 0.05) is 11.3 Å². The molecule has 0 unspecified atom stereocenters. The van der Waals surface area contributed by atoms with E-state index in [4.69, 9.17) is 4.74 Å². The molecule has 130 valence electrons. The molecular weight excluding hydrogens is 335 g/mol. The van der Waals surface area contributed by atoms with E-state index < -0.39 is 17.9 Å². The molecule has 0 radical (unpaired) electrons. The van der Waals surface area contributed by atoms with Crippen molar-refractivity contribution in [2.45, 2.75) is 13.1 Å². The Morgan fingerprint density at radius 1 is 1.20 bits per heavy atom. The predicted molar refractivity (Wildman–Crippen MR) is 86.8 cm³/mol. The topological polar surface area (TPSA) is 67.0 Å². The number of carbonyl (C=O) groups is 1. The van der Waals surface area contributed by atoms with Gasteiger partial charge in [0.25, 0.3) is 5.91 Å². The standard InChI is InChI=1S/C17H14F3N3O2/c1-9-7-11(25-2)4-6-12(9)21-15(24)10-3-5-13-14(8-10)23-16(22-13)17(18,19)20/h3-8H,1-2H3,(H,21,24)(H,22,23). The monoisotopic (exact) mass is 349 g/mol. The number of amides is 1. The molecule has 25 heavy (non-hydrogen) atoms. The van der Waals surface area contributed by atoms with Crippen LogP contribution in [0.5, 0.6) is 5.75 Å². The van der Waals surface area contributed by atoms with E-state index in [1.54, 1.807) is 25.3 Å². The second kappa shape index (κ2) is 6.12. The highest BCUT2D eigenvalue weighted by atomic mass is 19.4. The molecule has 0 aliphatic heterocycles. The van der Waals surface area contributed by atoms with Gasteiger partial charge in [0.2, 0.25) is 5.82 Å². The maximum absolute atomic E-state index is 12.7. The fraction of sp³-hybridized carbons (Fsp3) is 0.176. The average molecular weight is 349 g/mol. The molecule has 8 heteroatoms. The molecule has 0 saturated carbocycles. The van der Waals surface area contributed by atoms with Crippen molar-refractivity contribution in [2.75, 3.05) is 12.4 Å². The fourth-order valence-electron chi connectivity index (χ4n) is 2.38. The molecule has 0 fully saturated rings. The van der Waals surface area contributed by atoms with Crippen molar-refractivity contribution in [2.24, 2.45) is 0 Å². The molecule has 0 spiro atoms. The largest absolute Gasteiger partial charge is 0.497 e. The number of fused-ring (bicyclic) bond motifs is 1. The lowest BCUT2D eigenvalue weighted by atomic mass is 10.1. The summed E-state index contributed by atoms with van der Waals surface area (Å²) in [7, 11) is 1.54. The van der Waals surface area contributed by atoms with Crippen molar-refractivity contribution in [1.29, 1.82) is 0 Å². The Labute approximate surface area is 140 Å². The fourth-order valence-corrected chi connectivity index (χ4v) is 2.38. The number of aromatic amines is 1. The Morgan fingerprint density at radius 2 is 1.96 bits per heavy atom. The lowest BCUT2D eigenvalue weighted by molar-refractivity contribution is -0.144. The van der Waals surface area contributed by atoms with Crippen molar-refractivity contribution in [3.63, 3.8) is 0 Å². The van der Waals surface area contributed by atoms with Crippen LogP contribution in [0.3, 0.4) is 0 Å². The quantitative estimate of drug-likeness (QED) is 0.746. The number of hydrogen-bond acceptors (Lipinski definition) is 3. The number of aromatic nitrogens is 2. The normalized spacial score (nSPS) is 11.6. The molecule has 0 aliphatic rings. The van der Waals surface area contributed by atoms with Crippen LogP contribution in [0.4, 0.5) is 18.9 Å². The third-order valence-electron chi connectivity index (χ3n) is 3.69. The van der Waals surface area contributed by atoms with Crippen LogP contribution in [-0.4, -0.2) is 23.0 Å². The van der Waals surface area contributed by atoms with E-state index in [-0.39, 0.29) is 16.6 Å². The van der Waals surface area contributed by atoms with Crippen molar-refractivity contribution >= 4 is 22.6 Å². The zero-order chi connectivity index (χ0) is 18.2. The van der Waals surface area contributed by atoms with E-state index in [1.807, 2.05) is 6.92 Å². The molecule has 0 atom stereocenters. The smallest absolute Gasteiger partial charge is 0.449 e. The van der Waals surface area contributed by atoms with Crippen LogP contribution in [0, 0.1) is 6.92 Å². The van der Waals surface area contributed by atoms with Gasteiger partial charge in [-0.25, -0.2) is 4.98 Å². The zero-order valence-electron chi connectivity index (χ0n) is 13.4. The molecule has 1 heterocycles. The summed E-state index contributed by atoms with van der Waals surface area (Å²) in [6, 6.07) is 9.31. The van der Waals surface area contributed by atoms with Gasteiger partial charge in [-0.1, -0.05) is 0 Å². The number of benzene rings is 2. The molecule has 0 saturated heterocycles. The van der Waals surface area contributed by atoms with Gasteiger partial charge in [0.05, 0.1) is 18.1 Å². The minimum atomic E-state index is -4.57. The van der Waals surface area contributed by atoms with Crippen LogP contribution in [-0.2, 0) is 6.18 Å². The highest BCUT2D eigenvalue weighted by molar-refractivity contribution is 6.06. The highest BCUT2D eigenvalue weighted by Crippen LogP contribution is 2.29. The lowest BCUT2D eigenvalue weighted by Crippen LogP contribution is -2.12. The molecule has 0 aliphatic carbocycles. The zero-order valence-corrected chi connectivity index (χ0v) is 13.4. The SMILES string of the molecule is COc1ccc(NC(=O)c2ccc3nc(C(F)(F)F)[nH]c3c2)c(C)c1. The third kappa shape index (κ3) is 3.42. The summed E-state index contributed by atoms with van der Waals surface area (Å²) in [5.74, 6) is -0.863. The van der Waals surface area contributed by atoms with Crippen LogP contribution in [0.15, 0.2) is 36.4 Å². The van der Waals surface area contributed by atoms with Gasteiger partial charge in [-0.3, -0.25) is 4.79 Å². The van der Waals surface area contributed by atoms with Gasteiger partial charge >= 0.3 is 6.18 Å². The molecule has 0 bridgehead atoms. The lowest BCUT2D eigenvalue weighted by Gasteiger charge is -2.10.